The first-order chi connectivity index (χ1) is 10.1. The standard InChI is InChI=1S/C16H18N2O3/c1-10-9-21-11(2)8-18(10)15-12-5-3-4-6-14(12)17-7-13(15)16(19)20/h3-7,10-11H,8-9H2,1-2H3,(H,19,20). The normalized spacial score (nSPS) is 22.5. The zero-order valence-corrected chi connectivity index (χ0v) is 12.1. The third-order valence-corrected chi connectivity index (χ3v) is 3.87. The molecule has 1 aromatic carbocycles. The number of pyridine rings is 1. The third-order valence-electron chi connectivity index (χ3n) is 3.87. The van der Waals surface area contributed by atoms with E-state index in [1.54, 1.807) is 0 Å². The smallest absolute Gasteiger partial charge is 0.339 e. The number of para-hydroxylation sites is 1. The van der Waals surface area contributed by atoms with E-state index in [0.29, 0.717) is 13.2 Å². The van der Waals surface area contributed by atoms with E-state index in [-0.39, 0.29) is 17.7 Å². The molecule has 1 fully saturated rings. The van der Waals surface area contributed by atoms with Crippen molar-refractivity contribution in [1.29, 1.82) is 0 Å². The molecule has 0 bridgehead atoms. The van der Waals surface area contributed by atoms with Gasteiger partial charge in [-0.2, -0.15) is 0 Å². The first kappa shape index (κ1) is 13.8. The quantitative estimate of drug-likeness (QED) is 0.919. The van der Waals surface area contributed by atoms with Crippen LogP contribution in [0.15, 0.2) is 30.5 Å². The summed E-state index contributed by atoms with van der Waals surface area (Å²) in [7, 11) is 0. The van der Waals surface area contributed by atoms with Gasteiger partial charge >= 0.3 is 5.97 Å². The Bertz CT molecular complexity index is 686. The topological polar surface area (TPSA) is 62.7 Å². The van der Waals surface area contributed by atoms with Crippen molar-refractivity contribution in [2.75, 3.05) is 18.1 Å². The zero-order valence-electron chi connectivity index (χ0n) is 12.1. The van der Waals surface area contributed by atoms with Gasteiger partial charge in [0.05, 0.1) is 23.9 Å². The number of fused-ring (bicyclic) bond motifs is 1. The van der Waals surface area contributed by atoms with Crippen LogP contribution in [0.3, 0.4) is 0 Å². The molecule has 1 aromatic heterocycles. The lowest BCUT2D eigenvalue weighted by Gasteiger charge is -2.39. The van der Waals surface area contributed by atoms with Crippen molar-refractivity contribution in [1.82, 2.24) is 4.98 Å². The Morgan fingerprint density at radius 1 is 1.38 bits per heavy atom. The van der Waals surface area contributed by atoms with Gasteiger partial charge in [-0.25, -0.2) is 4.79 Å². The van der Waals surface area contributed by atoms with Crippen molar-refractivity contribution in [2.45, 2.75) is 26.0 Å². The molecule has 5 heteroatoms. The molecule has 1 aliphatic rings. The molecular weight excluding hydrogens is 268 g/mol. The van der Waals surface area contributed by atoms with Gasteiger partial charge < -0.3 is 14.7 Å². The summed E-state index contributed by atoms with van der Waals surface area (Å²) in [6.45, 7) is 5.32. The molecule has 1 N–H and O–H groups in total. The van der Waals surface area contributed by atoms with Crippen LogP contribution in [0.2, 0.25) is 0 Å². The van der Waals surface area contributed by atoms with Gasteiger partial charge in [0.25, 0.3) is 0 Å². The van der Waals surface area contributed by atoms with E-state index in [1.807, 2.05) is 38.1 Å². The van der Waals surface area contributed by atoms with Crippen molar-refractivity contribution < 1.29 is 14.6 Å². The summed E-state index contributed by atoms with van der Waals surface area (Å²) in [5.74, 6) is -0.949. The van der Waals surface area contributed by atoms with Crippen LogP contribution in [0.5, 0.6) is 0 Å². The second kappa shape index (κ2) is 5.33. The number of carbonyl (C=O) groups is 1. The summed E-state index contributed by atoms with van der Waals surface area (Å²) in [5, 5.41) is 10.4. The summed E-state index contributed by atoms with van der Waals surface area (Å²) < 4.78 is 5.65. The highest BCUT2D eigenvalue weighted by molar-refractivity contribution is 6.04. The Balaban J connectivity index is 2.22. The highest BCUT2D eigenvalue weighted by Gasteiger charge is 2.28. The van der Waals surface area contributed by atoms with Crippen molar-refractivity contribution in [2.24, 2.45) is 0 Å². The lowest BCUT2D eigenvalue weighted by atomic mass is 10.0. The lowest BCUT2D eigenvalue weighted by molar-refractivity contribution is 0.0342. The molecule has 5 nitrogen and oxygen atoms in total. The Hall–Kier alpha value is -2.14. The van der Waals surface area contributed by atoms with Crippen LogP contribution in [-0.2, 0) is 4.74 Å². The number of rotatable bonds is 2. The molecule has 110 valence electrons. The maximum absolute atomic E-state index is 11.6. The van der Waals surface area contributed by atoms with Crippen LogP contribution >= 0.6 is 0 Å². The maximum atomic E-state index is 11.6. The highest BCUT2D eigenvalue weighted by atomic mass is 16.5. The van der Waals surface area contributed by atoms with E-state index in [1.165, 1.54) is 6.20 Å². The number of carboxylic acid groups (broad SMARTS) is 1. The number of hydrogen-bond donors (Lipinski definition) is 1. The molecule has 2 unspecified atom stereocenters. The summed E-state index contributed by atoms with van der Waals surface area (Å²) in [6, 6.07) is 7.78. The van der Waals surface area contributed by atoms with Crippen LogP contribution in [0.25, 0.3) is 10.9 Å². The van der Waals surface area contributed by atoms with Gasteiger partial charge in [-0.1, -0.05) is 18.2 Å². The fourth-order valence-electron chi connectivity index (χ4n) is 2.81. The van der Waals surface area contributed by atoms with Gasteiger partial charge in [0.1, 0.15) is 5.56 Å². The number of morpholine rings is 1. The van der Waals surface area contributed by atoms with E-state index in [9.17, 15) is 9.90 Å². The lowest BCUT2D eigenvalue weighted by Crippen LogP contribution is -2.48. The van der Waals surface area contributed by atoms with Gasteiger partial charge in [0.15, 0.2) is 0 Å². The number of nitrogens with zero attached hydrogens (tertiary/aromatic N) is 2. The first-order valence-corrected chi connectivity index (χ1v) is 7.07. The van der Waals surface area contributed by atoms with Crippen molar-refractivity contribution in [3.63, 3.8) is 0 Å². The molecule has 3 rings (SSSR count). The number of hydrogen-bond acceptors (Lipinski definition) is 4. The molecule has 21 heavy (non-hydrogen) atoms. The van der Waals surface area contributed by atoms with E-state index in [2.05, 4.69) is 9.88 Å². The highest BCUT2D eigenvalue weighted by Crippen LogP contribution is 2.32. The Morgan fingerprint density at radius 3 is 2.90 bits per heavy atom. The van der Waals surface area contributed by atoms with Gasteiger partial charge in [0, 0.05) is 24.2 Å². The van der Waals surface area contributed by atoms with Gasteiger partial charge in [-0.15, -0.1) is 0 Å². The number of aromatic carboxylic acids is 1. The van der Waals surface area contributed by atoms with Crippen LogP contribution in [0, 0.1) is 0 Å². The van der Waals surface area contributed by atoms with Crippen LogP contribution in [-0.4, -0.2) is 41.4 Å². The minimum Gasteiger partial charge on any atom is -0.478 e. The van der Waals surface area contributed by atoms with Crippen LogP contribution in [0.4, 0.5) is 5.69 Å². The minimum atomic E-state index is -0.949. The van der Waals surface area contributed by atoms with Crippen LogP contribution in [0.1, 0.15) is 24.2 Å². The molecular formula is C16H18N2O3. The second-order valence-corrected chi connectivity index (χ2v) is 5.49. The summed E-state index contributed by atoms with van der Waals surface area (Å²) in [4.78, 5) is 18.0. The minimum absolute atomic E-state index is 0.0785. The Morgan fingerprint density at radius 2 is 2.14 bits per heavy atom. The second-order valence-electron chi connectivity index (χ2n) is 5.49. The summed E-state index contributed by atoms with van der Waals surface area (Å²) in [5.41, 5.74) is 1.80. The Labute approximate surface area is 123 Å². The molecule has 2 atom stereocenters. The number of benzene rings is 1. The predicted octanol–water partition coefficient (Wildman–Crippen LogP) is 2.55. The van der Waals surface area contributed by atoms with Crippen molar-refractivity contribution in [3.05, 3.63) is 36.0 Å². The molecule has 0 radical (unpaired) electrons. The van der Waals surface area contributed by atoms with Gasteiger partial charge in [-0.05, 0) is 19.9 Å². The molecule has 0 amide bonds. The summed E-state index contributed by atoms with van der Waals surface area (Å²) >= 11 is 0. The molecule has 2 aromatic rings. The predicted molar refractivity (Wildman–Crippen MR) is 80.9 cm³/mol. The van der Waals surface area contributed by atoms with Crippen molar-refractivity contribution in [3.8, 4) is 0 Å². The molecule has 1 saturated heterocycles. The van der Waals surface area contributed by atoms with Crippen LogP contribution < -0.4 is 4.90 Å². The number of anilines is 1. The fraction of sp³-hybridized carbons (Fsp3) is 0.375. The molecule has 1 aliphatic heterocycles. The molecule has 0 saturated carbocycles. The monoisotopic (exact) mass is 286 g/mol. The Kier molecular flexibility index (Phi) is 3.51. The third kappa shape index (κ3) is 2.45. The maximum Gasteiger partial charge on any atom is 0.339 e. The fourth-order valence-corrected chi connectivity index (χ4v) is 2.81. The first-order valence-electron chi connectivity index (χ1n) is 7.07. The van der Waals surface area contributed by atoms with E-state index in [4.69, 9.17) is 4.74 Å². The largest absolute Gasteiger partial charge is 0.478 e. The van der Waals surface area contributed by atoms with E-state index in [0.717, 1.165) is 16.6 Å². The summed E-state index contributed by atoms with van der Waals surface area (Å²) in [6.07, 6.45) is 1.53. The average molecular weight is 286 g/mol. The zero-order chi connectivity index (χ0) is 15.0. The van der Waals surface area contributed by atoms with E-state index >= 15 is 0 Å². The van der Waals surface area contributed by atoms with Crippen molar-refractivity contribution >= 4 is 22.6 Å². The van der Waals surface area contributed by atoms with Gasteiger partial charge in [-0.3, -0.25) is 4.98 Å². The molecule has 0 aliphatic carbocycles. The van der Waals surface area contributed by atoms with E-state index < -0.39 is 5.97 Å². The molecule has 0 spiro atoms. The SMILES string of the molecule is CC1CN(c2c(C(=O)O)cnc3ccccc23)C(C)CO1. The average Bonchev–Trinajstić information content (AvgIpc) is 2.48. The molecule has 2 heterocycles. The number of carboxylic acids is 1. The number of aromatic nitrogens is 1. The number of ether oxygens (including phenoxy) is 1. The van der Waals surface area contributed by atoms with Gasteiger partial charge in [0.2, 0.25) is 0 Å².